The van der Waals surface area contributed by atoms with Crippen LogP contribution in [0.2, 0.25) is 0 Å². The molecule has 2 aromatic rings. The Labute approximate surface area is 203 Å². The van der Waals surface area contributed by atoms with Crippen molar-refractivity contribution in [2.75, 3.05) is 26.5 Å². The number of hydrogen-bond donors (Lipinski definition) is 1. The van der Waals surface area contributed by atoms with Crippen molar-refractivity contribution in [1.29, 1.82) is 0 Å². The van der Waals surface area contributed by atoms with Crippen LogP contribution in [0, 0.1) is 5.92 Å². The summed E-state index contributed by atoms with van der Waals surface area (Å²) in [5, 5.41) is 12.1. The van der Waals surface area contributed by atoms with Crippen LogP contribution in [0.25, 0.3) is 0 Å². The summed E-state index contributed by atoms with van der Waals surface area (Å²) in [4.78, 5) is 25.0. The molecule has 2 heterocycles. The second kappa shape index (κ2) is 13.1. The molecule has 180 valence electrons. The third kappa shape index (κ3) is 7.80. The molecule has 3 rings (SSSR count). The average Bonchev–Trinajstić information content (AvgIpc) is 3.29. The van der Waals surface area contributed by atoms with Crippen LogP contribution in [0.5, 0.6) is 0 Å². The molecule has 0 spiro atoms. The van der Waals surface area contributed by atoms with Crippen LogP contribution < -0.4 is 9.88 Å². The van der Waals surface area contributed by atoms with E-state index in [-0.39, 0.29) is 23.5 Å². The minimum Gasteiger partial charge on any atom is -0.408 e. The Kier molecular flexibility index (Phi) is 10.2. The lowest BCUT2D eigenvalue weighted by Gasteiger charge is -2.22. The first-order chi connectivity index (χ1) is 16.0. The molecule has 1 amide bonds. The number of ketones is 1. The third-order valence-corrected chi connectivity index (χ3v) is 7.24. The minimum absolute atomic E-state index is 0.00229. The second-order valence-electron chi connectivity index (χ2n) is 8.02. The SMILES string of the molecule is COC[n+]1ccccc1SN(C)CCSc1nnc(C(=O)[C@H](C)NC(=O)C2CCCCC2)o1. The molecule has 1 saturated carbocycles. The van der Waals surface area contributed by atoms with Gasteiger partial charge >= 0.3 is 0 Å². The molecule has 0 aliphatic heterocycles. The molecule has 0 saturated heterocycles. The molecule has 1 N–H and O–H groups in total. The van der Waals surface area contributed by atoms with Crippen LogP contribution in [0.1, 0.15) is 49.7 Å². The highest BCUT2D eigenvalue weighted by molar-refractivity contribution is 7.99. The Bertz CT molecular complexity index is 920. The molecule has 11 heteroatoms. The maximum absolute atomic E-state index is 12.6. The van der Waals surface area contributed by atoms with Crippen molar-refractivity contribution in [2.24, 2.45) is 5.92 Å². The molecule has 2 aromatic heterocycles. The Hall–Kier alpha value is -1.95. The maximum Gasteiger partial charge on any atom is 0.286 e. The van der Waals surface area contributed by atoms with Gasteiger partial charge in [-0.15, -0.1) is 10.2 Å². The number of pyridine rings is 1. The molecule has 1 aliphatic rings. The van der Waals surface area contributed by atoms with E-state index in [1.807, 2.05) is 36.0 Å². The Morgan fingerprint density at radius 2 is 2.09 bits per heavy atom. The lowest BCUT2D eigenvalue weighted by Crippen LogP contribution is -2.42. The monoisotopic (exact) mass is 494 g/mol. The van der Waals surface area contributed by atoms with Crippen molar-refractivity contribution in [3.05, 3.63) is 30.3 Å². The van der Waals surface area contributed by atoms with E-state index in [0.717, 1.165) is 37.3 Å². The number of carbonyl (C=O) groups is 2. The minimum atomic E-state index is -0.690. The Balaban J connectivity index is 1.43. The van der Waals surface area contributed by atoms with Gasteiger partial charge in [-0.05, 0) is 32.9 Å². The van der Waals surface area contributed by atoms with Crippen LogP contribution in [0.15, 0.2) is 39.1 Å². The molecular formula is C22H32N5O4S2+. The van der Waals surface area contributed by atoms with Gasteiger partial charge in [0, 0.05) is 49.4 Å². The van der Waals surface area contributed by atoms with Crippen LogP contribution in [0.4, 0.5) is 0 Å². The Morgan fingerprint density at radius 1 is 1.30 bits per heavy atom. The molecule has 33 heavy (non-hydrogen) atoms. The van der Waals surface area contributed by atoms with Crippen molar-refractivity contribution in [3.63, 3.8) is 0 Å². The van der Waals surface area contributed by atoms with Gasteiger partial charge in [0.2, 0.25) is 11.7 Å². The summed E-state index contributed by atoms with van der Waals surface area (Å²) >= 11 is 3.01. The van der Waals surface area contributed by atoms with Gasteiger partial charge < -0.3 is 14.5 Å². The smallest absolute Gasteiger partial charge is 0.286 e. The van der Waals surface area contributed by atoms with Crippen molar-refractivity contribution in [3.8, 4) is 0 Å². The van der Waals surface area contributed by atoms with E-state index in [9.17, 15) is 9.59 Å². The number of nitrogens with zero attached hydrogens (tertiary/aromatic N) is 4. The van der Waals surface area contributed by atoms with E-state index in [4.69, 9.17) is 9.15 Å². The van der Waals surface area contributed by atoms with Gasteiger partial charge in [-0.3, -0.25) is 9.59 Å². The van der Waals surface area contributed by atoms with Gasteiger partial charge in [0.05, 0.1) is 6.04 Å². The standard InChI is InChI=1S/C22H31N5O4S2/c1-16(23-20(29)17-9-5-4-6-10-17)19(28)21-24-25-22(31-21)32-14-13-26(2)33-18-11-7-8-12-27(18)15-30-3/h7-8,11-12,16-17H,4-6,9-10,13-15H2,1-3H3/p+1/t16-/m0/s1. The average molecular weight is 495 g/mol. The highest BCUT2D eigenvalue weighted by atomic mass is 32.2. The number of amides is 1. The topological polar surface area (TPSA) is 101 Å². The first kappa shape index (κ1) is 25.7. The van der Waals surface area contributed by atoms with Crippen LogP contribution in [-0.4, -0.2) is 58.7 Å². The van der Waals surface area contributed by atoms with Crippen molar-refractivity contribution in [2.45, 2.75) is 62.0 Å². The number of ether oxygens (including phenoxy) is 1. The normalized spacial score (nSPS) is 15.5. The maximum atomic E-state index is 12.6. The zero-order valence-corrected chi connectivity index (χ0v) is 21.0. The number of methoxy groups -OCH3 is 1. The number of carbonyl (C=O) groups excluding carboxylic acids is 2. The fourth-order valence-electron chi connectivity index (χ4n) is 3.57. The van der Waals surface area contributed by atoms with Crippen LogP contribution >= 0.6 is 23.7 Å². The molecule has 9 nitrogen and oxygen atoms in total. The number of hydrogen-bond acceptors (Lipinski definition) is 9. The zero-order valence-electron chi connectivity index (χ0n) is 19.4. The fraction of sp³-hybridized carbons (Fsp3) is 0.591. The number of nitrogens with one attached hydrogen (secondary N) is 1. The van der Waals surface area contributed by atoms with Crippen LogP contribution in [0.3, 0.4) is 0 Å². The molecular weight excluding hydrogens is 462 g/mol. The first-order valence-corrected chi connectivity index (χ1v) is 12.9. The number of thioether (sulfide) groups is 1. The predicted octanol–water partition coefficient (Wildman–Crippen LogP) is 2.96. The Morgan fingerprint density at radius 3 is 2.85 bits per heavy atom. The van der Waals surface area contributed by atoms with Crippen molar-refractivity contribution in [1.82, 2.24) is 19.8 Å². The van der Waals surface area contributed by atoms with E-state index in [0.29, 0.717) is 17.7 Å². The summed E-state index contributed by atoms with van der Waals surface area (Å²) in [5.41, 5.74) is 0. The molecule has 1 fully saturated rings. The summed E-state index contributed by atoms with van der Waals surface area (Å²) in [6.45, 7) is 2.91. The molecule has 1 atom stereocenters. The van der Waals surface area contributed by atoms with E-state index in [1.54, 1.807) is 26.0 Å². The molecule has 0 radical (unpaired) electrons. The van der Waals surface area contributed by atoms with Gasteiger partial charge in [-0.1, -0.05) is 31.0 Å². The zero-order chi connectivity index (χ0) is 23.6. The summed E-state index contributed by atoms with van der Waals surface area (Å²) in [6, 6.07) is 5.31. The van der Waals surface area contributed by atoms with Crippen LogP contribution in [-0.2, 0) is 16.3 Å². The van der Waals surface area contributed by atoms with E-state index in [2.05, 4.69) is 19.8 Å². The van der Waals surface area contributed by atoms with E-state index >= 15 is 0 Å². The largest absolute Gasteiger partial charge is 0.408 e. The van der Waals surface area contributed by atoms with Gasteiger partial charge in [0.25, 0.3) is 22.9 Å². The lowest BCUT2D eigenvalue weighted by atomic mass is 9.88. The summed E-state index contributed by atoms with van der Waals surface area (Å²) in [6.07, 6.45) is 7.06. The molecule has 0 aromatic carbocycles. The fourth-order valence-corrected chi connectivity index (χ4v) is 5.32. The molecule has 1 aliphatic carbocycles. The first-order valence-electron chi connectivity index (χ1n) is 11.2. The van der Waals surface area contributed by atoms with E-state index in [1.165, 1.54) is 18.2 Å². The van der Waals surface area contributed by atoms with Gasteiger partial charge in [0.15, 0.2) is 6.20 Å². The van der Waals surface area contributed by atoms with E-state index < -0.39 is 6.04 Å². The highest BCUT2D eigenvalue weighted by Gasteiger charge is 2.27. The second-order valence-corrected chi connectivity index (χ2v) is 10.3. The summed E-state index contributed by atoms with van der Waals surface area (Å²) in [5.74, 6) is 0.220. The summed E-state index contributed by atoms with van der Waals surface area (Å²) in [7, 11) is 3.68. The summed E-state index contributed by atoms with van der Waals surface area (Å²) < 4.78 is 14.9. The number of rotatable bonds is 12. The van der Waals surface area contributed by atoms with Gasteiger partial charge in [0.1, 0.15) is 0 Å². The predicted molar refractivity (Wildman–Crippen MR) is 126 cm³/mol. The number of aromatic nitrogens is 3. The third-order valence-electron chi connectivity index (χ3n) is 5.39. The van der Waals surface area contributed by atoms with Gasteiger partial charge in [-0.25, -0.2) is 4.31 Å². The lowest BCUT2D eigenvalue weighted by molar-refractivity contribution is -0.764. The molecule has 0 bridgehead atoms. The van der Waals surface area contributed by atoms with Crippen molar-refractivity contribution < 1.29 is 23.3 Å². The quantitative estimate of drug-likeness (QED) is 0.206. The van der Waals surface area contributed by atoms with Crippen molar-refractivity contribution >= 4 is 35.4 Å². The molecule has 0 unspecified atom stereocenters. The van der Waals surface area contributed by atoms with Gasteiger partial charge in [-0.2, -0.15) is 4.57 Å². The number of Topliss-reactive ketones (excluding diaryl/α,β-unsaturated/α-hetero) is 1. The highest BCUT2D eigenvalue weighted by Crippen LogP contribution is 2.24.